The minimum Gasteiger partial charge on any atom is -0.495 e. The normalized spacial score (nSPS) is 17.9. The number of nitrogens with zero attached hydrogens (tertiary/aromatic N) is 1. The minimum atomic E-state index is -3.10. The predicted molar refractivity (Wildman–Crippen MR) is 99.7 cm³/mol. The van der Waals surface area contributed by atoms with Gasteiger partial charge in [-0.05, 0) is 30.7 Å². The molecule has 142 valence electrons. The zero-order valence-corrected chi connectivity index (χ0v) is 15.5. The van der Waals surface area contributed by atoms with E-state index in [4.69, 9.17) is 4.74 Å². The minimum absolute atomic E-state index is 0.0481. The van der Waals surface area contributed by atoms with Crippen LogP contribution in [0.4, 0.5) is 5.69 Å². The number of benzene rings is 1. The fraction of sp³-hybridized carbons (Fsp3) is 0.278. The Morgan fingerprint density at radius 3 is 2.67 bits per heavy atom. The zero-order chi connectivity index (χ0) is 19.4. The molecule has 3 rings (SSSR count). The number of hydrogen-bond donors (Lipinski definition) is 2. The van der Waals surface area contributed by atoms with Gasteiger partial charge in [0.15, 0.2) is 9.84 Å². The number of para-hydroxylation sites is 2. The van der Waals surface area contributed by atoms with Gasteiger partial charge in [-0.3, -0.25) is 14.6 Å². The maximum absolute atomic E-state index is 12.5. The van der Waals surface area contributed by atoms with Crippen molar-refractivity contribution in [1.82, 2.24) is 10.3 Å². The third-order valence-electron chi connectivity index (χ3n) is 4.18. The summed E-state index contributed by atoms with van der Waals surface area (Å²) in [6.45, 7) is 0. The highest BCUT2D eigenvalue weighted by Gasteiger charge is 2.29. The Labute approximate surface area is 156 Å². The number of carbonyl (C=O) groups excluding carboxylic acids is 2. The molecule has 2 heterocycles. The summed E-state index contributed by atoms with van der Waals surface area (Å²) in [4.78, 5) is 28.8. The first kappa shape index (κ1) is 18.8. The highest BCUT2D eigenvalue weighted by Crippen LogP contribution is 2.23. The average Bonchev–Trinajstić information content (AvgIpc) is 3.00. The van der Waals surface area contributed by atoms with E-state index in [1.54, 1.807) is 24.3 Å². The van der Waals surface area contributed by atoms with E-state index in [1.807, 2.05) is 0 Å². The topological polar surface area (TPSA) is 114 Å². The van der Waals surface area contributed by atoms with E-state index in [0.29, 0.717) is 17.9 Å². The van der Waals surface area contributed by atoms with Crippen LogP contribution in [0, 0.1) is 0 Å². The molecule has 0 saturated carbocycles. The van der Waals surface area contributed by atoms with Crippen molar-refractivity contribution in [3.63, 3.8) is 0 Å². The molecule has 1 saturated heterocycles. The molecule has 0 radical (unpaired) electrons. The Morgan fingerprint density at radius 1 is 1.19 bits per heavy atom. The fourth-order valence-electron chi connectivity index (χ4n) is 2.81. The van der Waals surface area contributed by atoms with Crippen LogP contribution in [-0.2, 0) is 9.84 Å². The van der Waals surface area contributed by atoms with Crippen LogP contribution in [0.25, 0.3) is 0 Å². The van der Waals surface area contributed by atoms with Crippen LogP contribution in [0.1, 0.15) is 27.3 Å². The van der Waals surface area contributed by atoms with Crippen LogP contribution in [0.15, 0.2) is 42.6 Å². The number of nitrogens with one attached hydrogen (secondary N) is 2. The average molecular weight is 389 g/mol. The SMILES string of the molecule is COc1ccccc1NC(=O)c1ccnc(C(=O)NC2CCS(=O)(=O)C2)c1. The number of pyridine rings is 1. The first-order valence-corrected chi connectivity index (χ1v) is 10.1. The van der Waals surface area contributed by atoms with Gasteiger partial charge in [-0.1, -0.05) is 12.1 Å². The summed E-state index contributed by atoms with van der Waals surface area (Å²) in [6.07, 6.45) is 1.74. The molecule has 0 bridgehead atoms. The number of hydrogen-bond acceptors (Lipinski definition) is 6. The zero-order valence-electron chi connectivity index (χ0n) is 14.6. The van der Waals surface area contributed by atoms with Gasteiger partial charge in [0.05, 0.1) is 24.3 Å². The van der Waals surface area contributed by atoms with Gasteiger partial charge in [0.1, 0.15) is 11.4 Å². The molecular weight excluding hydrogens is 370 g/mol. The standard InChI is InChI=1S/C18H19N3O5S/c1-26-16-5-3-2-4-14(16)21-17(22)12-6-8-19-15(10-12)18(23)20-13-7-9-27(24,25)11-13/h2-6,8,10,13H,7,9,11H2,1H3,(H,20,23)(H,21,22). The summed E-state index contributed by atoms with van der Waals surface area (Å²) >= 11 is 0. The van der Waals surface area contributed by atoms with Crippen LogP contribution in [-0.4, -0.2) is 49.9 Å². The number of aromatic nitrogens is 1. The Morgan fingerprint density at radius 2 is 1.96 bits per heavy atom. The smallest absolute Gasteiger partial charge is 0.270 e. The van der Waals surface area contributed by atoms with Gasteiger partial charge >= 0.3 is 0 Å². The van der Waals surface area contributed by atoms with E-state index in [9.17, 15) is 18.0 Å². The van der Waals surface area contributed by atoms with Crippen LogP contribution in [0.2, 0.25) is 0 Å². The van der Waals surface area contributed by atoms with Gasteiger partial charge in [-0.2, -0.15) is 0 Å². The molecule has 0 aliphatic carbocycles. The van der Waals surface area contributed by atoms with Crippen molar-refractivity contribution < 1.29 is 22.7 Å². The van der Waals surface area contributed by atoms with Crippen molar-refractivity contribution in [2.45, 2.75) is 12.5 Å². The Bertz CT molecular complexity index is 974. The number of amides is 2. The molecule has 2 N–H and O–H groups in total. The summed E-state index contributed by atoms with van der Waals surface area (Å²) in [5.74, 6) is -0.428. The Hall–Kier alpha value is -2.94. The Balaban J connectivity index is 1.71. The first-order chi connectivity index (χ1) is 12.9. The lowest BCUT2D eigenvalue weighted by Gasteiger charge is -2.12. The lowest BCUT2D eigenvalue weighted by molar-refractivity contribution is 0.0936. The molecular formula is C18H19N3O5S. The number of methoxy groups -OCH3 is 1. The van der Waals surface area contributed by atoms with Gasteiger partial charge in [0.25, 0.3) is 11.8 Å². The summed E-state index contributed by atoms with van der Waals surface area (Å²) in [5, 5.41) is 5.38. The Kier molecular flexibility index (Phi) is 5.41. The number of carbonyl (C=O) groups is 2. The van der Waals surface area contributed by atoms with Gasteiger partial charge in [0, 0.05) is 17.8 Å². The van der Waals surface area contributed by atoms with Crippen molar-refractivity contribution in [1.29, 1.82) is 0 Å². The second kappa shape index (κ2) is 7.75. The van der Waals surface area contributed by atoms with E-state index in [2.05, 4.69) is 15.6 Å². The molecule has 1 atom stereocenters. The highest BCUT2D eigenvalue weighted by molar-refractivity contribution is 7.91. The quantitative estimate of drug-likeness (QED) is 0.796. The third-order valence-corrected chi connectivity index (χ3v) is 5.95. The first-order valence-electron chi connectivity index (χ1n) is 8.29. The summed E-state index contributed by atoms with van der Waals surface area (Å²) in [7, 11) is -1.59. The molecule has 1 fully saturated rings. The van der Waals surface area contributed by atoms with Crippen molar-refractivity contribution in [2.24, 2.45) is 0 Å². The molecule has 1 unspecified atom stereocenters. The van der Waals surface area contributed by atoms with Crippen molar-refractivity contribution in [3.05, 3.63) is 53.9 Å². The molecule has 1 aromatic heterocycles. The molecule has 9 heteroatoms. The van der Waals surface area contributed by atoms with E-state index in [0.717, 1.165) is 0 Å². The molecule has 2 aromatic rings. The maximum Gasteiger partial charge on any atom is 0.270 e. The number of rotatable bonds is 5. The molecule has 2 amide bonds. The van der Waals surface area contributed by atoms with Gasteiger partial charge < -0.3 is 15.4 Å². The third kappa shape index (κ3) is 4.62. The second-order valence-corrected chi connectivity index (χ2v) is 8.39. The van der Waals surface area contributed by atoms with Gasteiger partial charge in [0.2, 0.25) is 0 Å². The molecule has 1 aromatic carbocycles. The monoisotopic (exact) mass is 389 g/mol. The van der Waals surface area contributed by atoms with E-state index >= 15 is 0 Å². The summed E-state index contributed by atoms with van der Waals surface area (Å²) in [6, 6.07) is 9.38. The second-order valence-electron chi connectivity index (χ2n) is 6.16. The van der Waals surface area contributed by atoms with Crippen LogP contribution in [0.5, 0.6) is 5.75 Å². The van der Waals surface area contributed by atoms with E-state index < -0.39 is 27.7 Å². The van der Waals surface area contributed by atoms with Crippen LogP contribution < -0.4 is 15.4 Å². The molecule has 27 heavy (non-hydrogen) atoms. The molecule has 1 aliphatic rings. The lowest BCUT2D eigenvalue weighted by Crippen LogP contribution is -2.36. The lowest BCUT2D eigenvalue weighted by atomic mass is 10.2. The van der Waals surface area contributed by atoms with Gasteiger partial charge in [-0.15, -0.1) is 0 Å². The van der Waals surface area contributed by atoms with Crippen LogP contribution in [0.3, 0.4) is 0 Å². The molecule has 0 spiro atoms. The highest BCUT2D eigenvalue weighted by atomic mass is 32.2. The van der Waals surface area contributed by atoms with E-state index in [1.165, 1.54) is 25.4 Å². The number of anilines is 1. The summed E-state index contributed by atoms with van der Waals surface area (Å²) in [5.41, 5.74) is 0.802. The number of ether oxygens (including phenoxy) is 1. The van der Waals surface area contributed by atoms with Crippen molar-refractivity contribution >= 4 is 27.3 Å². The van der Waals surface area contributed by atoms with Crippen molar-refractivity contribution in [3.8, 4) is 5.75 Å². The summed E-state index contributed by atoms with van der Waals surface area (Å²) < 4.78 is 28.2. The molecule has 1 aliphatic heterocycles. The predicted octanol–water partition coefficient (Wildman–Crippen LogP) is 1.26. The van der Waals surface area contributed by atoms with Crippen molar-refractivity contribution in [2.75, 3.05) is 23.9 Å². The van der Waals surface area contributed by atoms with Gasteiger partial charge in [-0.25, -0.2) is 8.42 Å². The maximum atomic E-state index is 12.5. The fourth-order valence-corrected chi connectivity index (χ4v) is 4.48. The largest absolute Gasteiger partial charge is 0.495 e. The van der Waals surface area contributed by atoms with E-state index in [-0.39, 0.29) is 22.8 Å². The van der Waals surface area contributed by atoms with Crippen LogP contribution >= 0.6 is 0 Å². The molecule has 8 nitrogen and oxygen atoms in total. The number of sulfone groups is 1.